The van der Waals surface area contributed by atoms with Gasteiger partial charge < -0.3 is 10.6 Å². The van der Waals surface area contributed by atoms with Crippen LogP contribution in [0.25, 0.3) is 0 Å². The fourth-order valence-electron chi connectivity index (χ4n) is 1.10. The van der Waals surface area contributed by atoms with Crippen LogP contribution < -0.4 is 10.6 Å². The number of nitrogens with two attached hydrogens (primary N) is 1. The first kappa shape index (κ1) is 14.7. The van der Waals surface area contributed by atoms with Gasteiger partial charge in [0.2, 0.25) is 5.91 Å². The van der Waals surface area contributed by atoms with Crippen molar-refractivity contribution < 1.29 is 4.79 Å². The third kappa shape index (κ3) is 3.96. The predicted molar refractivity (Wildman–Crippen MR) is 73.5 cm³/mol. The van der Waals surface area contributed by atoms with E-state index in [0.29, 0.717) is 0 Å². The molecule has 84 valence electrons. The Balaban J connectivity index is 0.00000196. The zero-order valence-electron chi connectivity index (χ0n) is 8.61. The number of rotatable bonds is 2. The minimum atomic E-state index is -0.459. The number of nitrogens with zero attached hydrogens (tertiary/aromatic N) is 1. The van der Waals surface area contributed by atoms with E-state index >= 15 is 0 Å². The van der Waals surface area contributed by atoms with Crippen LogP contribution in [-0.2, 0) is 4.79 Å². The van der Waals surface area contributed by atoms with Crippen molar-refractivity contribution in [2.24, 2.45) is 5.73 Å². The van der Waals surface area contributed by atoms with Crippen LogP contribution in [0.2, 0.25) is 0 Å². The zero-order chi connectivity index (χ0) is 10.7. The van der Waals surface area contributed by atoms with E-state index < -0.39 is 6.04 Å². The minimum absolute atomic E-state index is 0. The van der Waals surface area contributed by atoms with Crippen molar-refractivity contribution in [2.75, 3.05) is 11.9 Å². The standard InChI is InChI=1S/C10H13IN2O.ClH/c1-7(12)10(14)13(2)9-5-3-8(11)4-6-9;/h3-7H,12H2,1-2H3;1H/t7-;/m0./s1. The van der Waals surface area contributed by atoms with Gasteiger partial charge in [0.15, 0.2) is 0 Å². The predicted octanol–water partition coefficient (Wildman–Crippen LogP) is 2.02. The molecule has 2 N–H and O–H groups in total. The Morgan fingerprint density at radius 2 is 1.87 bits per heavy atom. The van der Waals surface area contributed by atoms with Crippen LogP contribution in [0.3, 0.4) is 0 Å². The maximum atomic E-state index is 11.5. The van der Waals surface area contributed by atoms with Gasteiger partial charge in [0.1, 0.15) is 0 Å². The monoisotopic (exact) mass is 340 g/mol. The Morgan fingerprint density at radius 1 is 1.40 bits per heavy atom. The van der Waals surface area contributed by atoms with Gasteiger partial charge >= 0.3 is 0 Å². The van der Waals surface area contributed by atoms with Gasteiger partial charge in [0.25, 0.3) is 0 Å². The lowest BCUT2D eigenvalue weighted by Gasteiger charge is -2.19. The lowest BCUT2D eigenvalue weighted by Crippen LogP contribution is -2.39. The first-order valence-corrected chi connectivity index (χ1v) is 5.39. The number of benzene rings is 1. The third-order valence-electron chi connectivity index (χ3n) is 1.93. The van der Waals surface area contributed by atoms with Gasteiger partial charge in [-0.3, -0.25) is 4.79 Å². The molecule has 0 fully saturated rings. The molecule has 0 heterocycles. The summed E-state index contributed by atoms with van der Waals surface area (Å²) >= 11 is 2.22. The van der Waals surface area contributed by atoms with Crippen LogP contribution in [-0.4, -0.2) is 19.0 Å². The number of halogens is 2. The molecule has 1 atom stereocenters. The summed E-state index contributed by atoms with van der Waals surface area (Å²) in [5, 5.41) is 0. The van der Waals surface area contributed by atoms with E-state index in [1.165, 1.54) is 0 Å². The summed E-state index contributed by atoms with van der Waals surface area (Å²) < 4.78 is 1.15. The van der Waals surface area contributed by atoms with E-state index in [9.17, 15) is 4.79 Å². The summed E-state index contributed by atoms with van der Waals surface area (Å²) in [4.78, 5) is 13.1. The largest absolute Gasteiger partial charge is 0.320 e. The molecular weight excluding hydrogens is 326 g/mol. The molecule has 0 saturated carbocycles. The van der Waals surface area contributed by atoms with Crippen molar-refractivity contribution >= 4 is 46.6 Å². The molecule has 0 aromatic heterocycles. The van der Waals surface area contributed by atoms with Crippen molar-refractivity contribution in [2.45, 2.75) is 13.0 Å². The zero-order valence-corrected chi connectivity index (χ0v) is 11.6. The average molecular weight is 341 g/mol. The van der Waals surface area contributed by atoms with Gasteiger partial charge in [-0.1, -0.05) is 0 Å². The number of amides is 1. The first-order chi connectivity index (χ1) is 6.52. The van der Waals surface area contributed by atoms with Gasteiger partial charge in [-0.25, -0.2) is 0 Å². The van der Waals surface area contributed by atoms with Crippen molar-refractivity contribution in [1.82, 2.24) is 0 Å². The van der Waals surface area contributed by atoms with Crippen molar-refractivity contribution in [3.05, 3.63) is 27.8 Å². The number of anilines is 1. The van der Waals surface area contributed by atoms with Crippen molar-refractivity contribution in [3.8, 4) is 0 Å². The molecular formula is C10H14ClIN2O. The second-order valence-corrected chi connectivity index (χ2v) is 4.41. The molecule has 0 aliphatic rings. The van der Waals surface area contributed by atoms with E-state index in [1.807, 2.05) is 24.3 Å². The molecule has 0 spiro atoms. The number of likely N-dealkylation sites (N-methyl/N-ethyl adjacent to an activating group) is 1. The summed E-state index contributed by atoms with van der Waals surface area (Å²) in [7, 11) is 1.73. The Morgan fingerprint density at radius 3 is 2.27 bits per heavy atom. The maximum absolute atomic E-state index is 11.5. The molecule has 15 heavy (non-hydrogen) atoms. The molecule has 0 aliphatic heterocycles. The lowest BCUT2D eigenvalue weighted by atomic mass is 10.2. The highest BCUT2D eigenvalue weighted by Crippen LogP contribution is 2.15. The number of hydrogen-bond donors (Lipinski definition) is 1. The highest BCUT2D eigenvalue weighted by Gasteiger charge is 2.14. The van der Waals surface area contributed by atoms with Gasteiger partial charge in [-0.05, 0) is 53.8 Å². The normalized spacial score (nSPS) is 11.5. The molecule has 1 amide bonds. The fraction of sp³-hybridized carbons (Fsp3) is 0.300. The maximum Gasteiger partial charge on any atom is 0.243 e. The minimum Gasteiger partial charge on any atom is -0.320 e. The van der Waals surface area contributed by atoms with Gasteiger partial charge in [0, 0.05) is 16.3 Å². The van der Waals surface area contributed by atoms with Crippen LogP contribution in [0, 0.1) is 3.57 Å². The summed E-state index contributed by atoms with van der Waals surface area (Å²) in [5.41, 5.74) is 6.38. The first-order valence-electron chi connectivity index (χ1n) is 4.31. The van der Waals surface area contributed by atoms with Crippen LogP contribution >= 0.6 is 35.0 Å². The molecule has 1 rings (SSSR count). The van der Waals surface area contributed by atoms with Crippen molar-refractivity contribution in [3.63, 3.8) is 0 Å². The molecule has 3 nitrogen and oxygen atoms in total. The van der Waals surface area contributed by atoms with Gasteiger partial charge in [-0.2, -0.15) is 0 Å². The summed E-state index contributed by atoms with van der Waals surface area (Å²) in [5.74, 6) is -0.0776. The summed E-state index contributed by atoms with van der Waals surface area (Å²) in [6, 6.07) is 7.27. The number of carbonyl (C=O) groups is 1. The second kappa shape index (κ2) is 6.30. The Labute approximate surface area is 110 Å². The molecule has 1 aromatic rings. The Hall–Kier alpha value is -0.330. The van der Waals surface area contributed by atoms with E-state index in [1.54, 1.807) is 18.9 Å². The topological polar surface area (TPSA) is 46.3 Å². The fourth-order valence-corrected chi connectivity index (χ4v) is 1.46. The van der Waals surface area contributed by atoms with E-state index in [4.69, 9.17) is 5.73 Å². The third-order valence-corrected chi connectivity index (χ3v) is 2.65. The van der Waals surface area contributed by atoms with E-state index in [-0.39, 0.29) is 18.3 Å². The van der Waals surface area contributed by atoms with Crippen molar-refractivity contribution in [1.29, 1.82) is 0 Å². The molecule has 1 aromatic carbocycles. The Kier molecular flexibility index (Phi) is 6.16. The molecule has 0 bridgehead atoms. The SMILES string of the molecule is C[C@H](N)C(=O)N(C)c1ccc(I)cc1.Cl. The van der Waals surface area contributed by atoms with E-state index in [0.717, 1.165) is 9.26 Å². The van der Waals surface area contributed by atoms with Crippen LogP contribution in [0.1, 0.15) is 6.92 Å². The van der Waals surface area contributed by atoms with Crippen LogP contribution in [0.15, 0.2) is 24.3 Å². The van der Waals surface area contributed by atoms with Gasteiger partial charge in [-0.15, -0.1) is 12.4 Å². The summed E-state index contributed by atoms with van der Waals surface area (Å²) in [6.45, 7) is 1.69. The van der Waals surface area contributed by atoms with Gasteiger partial charge in [0.05, 0.1) is 6.04 Å². The quantitative estimate of drug-likeness (QED) is 0.837. The number of hydrogen-bond acceptors (Lipinski definition) is 2. The molecule has 0 aliphatic carbocycles. The second-order valence-electron chi connectivity index (χ2n) is 3.16. The van der Waals surface area contributed by atoms with E-state index in [2.05, 4.69) is 22.6 Å². The van der Waals surface area contributed by atoms with Crippen LogP contribution in [0.5, 0.6) is 0 Å². The molecule has 0 saturated heterocycles. The molecule has 0 unspecified atom stereocenters. The smallest absolute Gasteiger partial charge is 0.243 e. The van der Waals surface area contributed by atoms with Crippen LogP contribution in [0.4, 0.5) is 5.69 Å². The molecule has 5 heteroatoms. The Bertz CT molecular complexity index is 327. The molecule has 0 radical (unpaired) electrons. The number of carbonyl (C=O) groups excluding carboxylic acids is 1. The highest BCUT2D eigenvalue weighted by molar-refractivity contribution is 14.1. The highest BCUT2D eigenvalue weighted by atomic mass is 127. The average Bonchev–Trinajstić information content (AvgIpc) is 2.16. The summed E-state index contributed by atoms with van der Waals surface area (Å²) in [6.07, 6.45) is 0. The lowest BCUT2D eigenvalue weighted by molar-refractivity contribution is -0.119.